The van der Waals surface area contributed by atoms with Crippen molar-refractivity contribution < 1.29 is 9.90 Å². The summed E-state index contributed by atoms with van der Waals surface area (Å²) in [5, 5.41) is 23.1. The van der Waals surface area contributed by atoms with Crippen LogP contribution in [0.1, 0.15) is 47.5 Å². The Hall–Kier alpha value is -3.23. The third-order valence-corrected chi connectivity index (χ3v) is 7.72. The first kappa shape index (κ1) is 23.5. The first-order chi connectivity index (χ1) is 17.1. The Morgan fingerprint density at radius 3 is 2.69 bits per heavy atom. The molecular formula is C27H31N5O2S. The molecule has 2 aliphatic heterocycles. The fourth-order valence-corrected chi connectivity index (χ4v) is 5.82. The lowest BCUT2D eigenvalue weighted by molar-refractivity contribution is 0.0951. The third kappa shape index (κ3) is 5.23. The zero-order valence-corrected chi connectivity index (χ0v) is 20.6. The lowest BCUT2D eigenvalue weighted by Gasteiger charge is -2.20. The van der Waals surface area contributed by atoms with Gasteiger partial charge in [-0.3, -0.25) is 10.2 Å². The molecule has 3 aromatic rings. The van der Waals surface area contributed by atoms with Crippen molar-refractivity contribution in [3.63, 3.8) is 0 Å². The van der Waals surface area contributed by atoms with Crippen LogP contribution in [0.5, 0.6) is 0 Å². The van der Waals surface area contributed by atoms with Crippen LogP contribution in [0.25, 0.3) is 15.8 Å². The highest BCUT2D eigenvalue weighted by Crippen LogP contribution is 2.35. The van der Waals surface area contributed by atoms with Gasteiger partial charge < -0.3 is 20.2 Å². The number of hydrogen-bond acceptors (Lipinski definition) is 6. The maximum atomic E-state index is 12.8. The van der Waals surface area contributed by atoms with E-state index in [1.54, 1.807) is 17.0 Å². The summed E-state index contributed by atoms with van der Waals surface area (Å²) in [6.45, 7) is 4.17. The van der Waals surface area contributed by atoms with Gasteiger partial charge in [0.2, 0.25) is 0 Å². The van der Waals surface area contributed by atoms with Crippen LogP contribution in [0, 0.1) is 5.41 Å². The lowest BCUT2D eigenvalue weighted by Crippen LogP contribution is -2.31. The van der Waals surface area contributed by atoms with Crippen molar-refractivity contribution in [2.45, 2.75) is 32.1 Å². The summed E-state index contributed by atoms with van der Waals surface area (Å²) >= 11 is 1.47. The number of carbonyl (C=O) groups excluding carboxylic acids is 1. The Kier molecular flexibility index (Phi) is 7.11. The number of nitrogens with zero attached hydrogens (tertiary/aromatic N) is 3. The Morgan fingerprint density at radius 1 is 1.09 bits per heavy atom. The Bertz CT molecular complexity index is 1230. The molecule has 0 unspecified atom stereocenters. The smallest absolute Gasteiger partial charge is 0.251 e. The highest BCUT2D eigenvalue weighted by atomic mass is 32.1. The molecule has 1 amide bonds. The molecule has 35 heavy (non-hydrogen) atoms. The molecule has 7 nitrogen and oxygen atoms in total. The van der Waals surface area contributed by atoms with Crippen LogP contribution in [0.3, 0.4) is 0 Å². The normalized spacial score (nSPS) is 17.3. The van der Waals surface area contributed by atoms with Crippen molar-refractivity contribution in [3.05, 3.63) is 64.9 Å². The fraction of sp³-hybridized carbons (Fsp3) is 0.370. The molecule has 0 aliphatic carbocycles. The number of hydrogen-bond donors (Lipinski definition) is 3. The van der Waals surface area contributed by atoms with E-state index in [9.17, 15) is 9.90 Å². The minimum atomic E-state index is -0.114. The fourth-order valence-electron chi connectivity index (χ4n) is 4.79. The molecule has 1 saturated heterocycles. The number of likely N-dealkylation sites (tertiary alicyclic amines) is 1. The molecule has 5 rings (SSSR count). The number of aromatic nitrogens is 1. The summed E-state index contributed by atoms with van der Waals surface area (Å²) in [6.07, 6.45) is 6.14. The van der Waals surface area contributed by atoms with E-state index in [1.807, 2.05) is 36.4 Å². The van der Waals surface area contributed by atoms with Gasteiger partial charge in [0.05, 0.1) is 22.3 Å². The number of aliphatic hydroxyl groups is 1. The zero-order chi connectivity index (χ0) is 24.2. The van der Waals surface area contributed by atoms with Gasteiger partial charge in [0, 0.05) is 17.8 Å². The number of amides is 1. The lowest BCUT2D eigenvalue weighted by atomic mass is 10.1. The van der Waals surface area contributed by atoms with Crippen molar-refractivity contribution in [1.82, 2.24) is 15.2 Å². The second-order valence-corrected chi connectivity index (χ2v) is 10.2. The van der Waals surface area contributed by atoms with E-state index in [2.05, 4.69) is 15.2 Å². The summed E-state index contributed by atoms with van der Waals surface area (Å²) in [5.41, 5.74) is 2.57. The highest BCUT2D eigenvalue weighted by Gasteiger charge is 2.31. The number of para-hydroxylation sites is 1. The Labute approximate surface area is 209 Å². The van der Waals surface area contributed by atoms with E-state index in [0.717, 1.165) is 36.3 Å². The van der Waals surface area contributed by atoms with Crippen LogP contribution in [0.4, 0.5) is 5.69 Å². The molecule has 0 saturated carbocycles. The summed E-state index contributed by atoms with van der Waals surface area (Å²) < 4.78 is 1.02. The number of carbonyl (C=O) groups is 1. The van der Waals surface area contributed by atoms with Crippen molar-refractivity contribution in [3.8, 4) is 0 Å². The van der Waals surface area contributed by atoms with Crippen molar-refractivity contribution in [2.75, 3.05) is 37.6 Å². The molecule has 0 radical (unpaired) electrons. The van der Waals surface area contributed by atoms with Crippen LogP contribution in [0.2, 0.25) is 0 Å². The standard InChI is InChI=1S/C27H31N5O2S/c28-25-24(27-30-21-11-3-4-12-23(21)35-27)22(33)18-32(25)20-10-7-9-19(17-20)26(34)29-13-8-16-31-14-5-1-2-6-15-31/h3-4,7,9-12,17,28,33H,1-2,5-6,8,13-16,18H2,(H,29,34). The van der Waals surface area contributed by atoms with Crippen LogP contribution >= 0.6 is 11.3 Å². The second kappa shape index (κ2) is 10.6. The predicted octanol–water partition coefficient (Wildman–Crippen LogP) is 5.06. The summed E-state index contributed by atoms with van der Waals surface area (Å²) in [4.78, 5) is 21.6. The number of nitrogens with one attached hydrogen (secondary N) is 2. The quantitative estimate of drug-likeness (QED) is 0.404. The molecule has 0 bridgehead atoms. The summed E-state index contributed by atoms with van der Waals surface area (Å²) in [6, 6.07) is 15.1. The predicted molar refractivity (Wildman–Crippen MR) is 143 cm³/mol. The van der Waals surface area contributed by atoms with Gasteiger partial charge in [0.15, 0.2) is 0 Å². The molecule has 0 atom stereocenters. The summed E-state index contributed by atoms with van der Waals surface area (Å²) in [5.74, 6) is 0.200. The molecule has 0 spiro atoms. The average Bonchev–Trinajstić information content (AvgIpc) is 3.30. The van der Waals surface area contributed by atoms with Crippen molar-refractivity contribution in [2.24, 2.45) is 0 Å². The molecule has 1 fully saturated rings. The second-order valence-electron chi connectivity index (χ2n) is 9.16. The minimum Gasteiger partial charge on any atom is -0.510 e. The van der Waals surface area contributed by atoms with E-state index in [0.29, 0.717) is 28.4 Å². The van der Waals surface area contributed by atoms with Gasteiger partial charge in [0.1, 0.15) is 16.6 Å². The van der Waals surface area contributed by atoms with Gasteiger partial charge in [-0.1, -0.05) is 31.0 Å². The van der Waals surface area contributed by atoms with E-state index in [4.69, 9.17) is 5.41 Å². The van der Waals surface area contributed by atoms with Gasteiger partial charge >= 0.3 is 0 Å². The van der Waals surface area contributed by atoms with Crippen LogP contribution in [-0.2, 0) is 0 Å². The molecule has 3 N–H and O–H groups in total. The molecule has 1 aromatic heterocycles. The zero-order valence-electron chi connectivity index (χ0n) is 19.8. The molecule has 3 heterocycles. The number of fused-ring (bicyclic) bond motifs is 1. The van der Waals surface area contributed by atoms with Crippen molar-refractivity contribution >= 4 is 44.6 Å². The van der Waals surface area contributed by atoms with Crippen LogP contribution in [-0.4, -0.2) is 59.5 Å². The number of rotatable bonds is 7. The number of anilines is 1. The van der Waals surface area contributed by atoms with E-state index < -0.39 is 0 Å². The average molecular weight is 490 g/mol. The monoisotopic (exact) mass is 489 g/mol. The Balaban J connectivity index is 1.21. The molecule has 8 heteroatoms. The van der Waals surface area contributed by atoms with Gasteiger partial charge in [-0.05, 0) is 69.2 Å². The van der Waals surface area contributed by atoms with Gasteiger partial charge in [-0.2, -0.15) is 0 Å². The van der Waals surface area contributed by atoms with Crippen LogP contribution < -0.4 is 10.2 Å². The topological polar surface area (TPSA) is 92.5 Å². The maximum Gasteiger partial charge on any atom is 0.251 e. The number of amidine groups is 1. The van der Waals surface area contributed by atoms with E-state index in [1.165, 1.54) is 37.0 Å². The third-order valence-electron chi connectivity index (χ3n) is 6.67. The first-order valence-electron chi connectivity index (χ1n) is 12.4. The largest absolute Gasteiger partial charge is 0.510 e. The van der Waals surface area contributed by atoms with Gasteiger partial charge in [-0.25, -0.2) is 4.98 Å². The van der Waals surface area contributed by atoms with E-state index in [-0.39, 0.29) is 24.0 Å². The van der Waals surface area contributed by atoms with Crippen molar-refractivity contribution in [1.29, 1.82) is 5.41 Å². The molecule has 2 aromatic carbocycles. The van der Waals surface area contributed by atoms with Crippen LogP contribution in [0.15, 0.2) is 54.3 Å². The van der Waals surface area contributed by atoms with Gasteiger partial charge in [-0.15, -0.1) is 11.3 Å². The van der Waals surface area contributed by atoms with Gasteiger partial charge in [0.25, 0.3) is 5.91 Å². The molecule has 182 valence electrons. The molecular weight excluding hydrogens is 458 g/mol. The number of benzene rings is 2. The SMILES string of the molecule is N=C1C(c2nc3ccccc3s2)=C(O)CN1c1cccc(C(=O)NCCCN2CCCCCC2)c1. The summed E-state index contributed by atoms with van der Waals surface area (Å²) in [7, 11) is 0. The number of thiazole rings is 1. The first-order valence-corrected chi connectivity index (χ1v) is 13.2. The minimum absolute atomic E-state index is 0.114. The molecule has 2 aliphatic rings. The van der Waals surface area contributed by atoms with E-state index >= 15 is 0 Å². The Morgan fingerprint density at radius 2 is 1.89 bits per heavy atom. The number of aliphatic hydroxyl groups excluding tert-OH is 1. The highest BCUT2D eigenvalue weighted by molar-refractivity contribution is 7.19. The maximum absolute atomic E-state index is 12.8.